The van der Waals surface area contributed by atoms with Crippen LogP contribution >= 0.6 is 0 Å². The van der Waals surface area contributed by atoms with Crippen molar-refractivity contribution >= 4 is 34.6 Å². The Hall–Kier alpha value is -4.61. The zero-order chi connectivity index (χ0) is 33.8. The van der Waals surface area contributed by atoms with Gasteiger partial charge in [-0.25, -0.2) is 9.59 Å². The van der Waals surface area contributed by atoms with Crippen molar-refractivity contribution in [3.05, 3.63) is 48.2 Å². The van der Waals surface area contributed by atoms with Gasteiger partial charge in [0, 0.05) is 17.5 Å². The number of nitrogens with one attached hydrogen (secondary N) is 1. The van der Waals surface area contributed by atoms with E-state index >= 15 is 0 Å². The maximum Gasteiger partial charge on any atom is 0.534 e. The second kappa shape index (κ2) is 13.8. The first-order valence-electron chi connectivity index (χ1n) is 15.5. The molecule has 46 heavy (non-hydrogen) atoms. The fraction of sp³-hybridized carbons (Fsp3) is 0.500. The Balaban J connectivity index is 1.75. The van der Waals surface area contributed by atoms with Crippen LogP contribution in [0.2, 0.25) is 0 Å². The molecule has 0 bridgehead atoms. The number of benzene rings is 2. The van der Waals surface area contributed by atoms with Crippen molar-refractivity contribution in [2.75, 3.05) is 25.6 Å². The number of amides is 2. The van der Waals surface area contributed by atoms with Crippen LogP contribution in [0.15, 0.2) is 42.6 Å². The van der Waals surface area contributed by atoms with Gasteiger partial charge >= 0.3 is 12.2 Å². The van der Waals surface area contributed by atoms with Gasteiger partial charge < -0.3 is 38.8 Å². The highest BCUT2D eigenvalue weighted by Gasteiger charge is 2.32. The first kappa shape index (κ1) is 34.3. The average Bonchev–Trinajstić information content (AvgIpc) is 3.75. The molecular weight excluding hydrogens is 594 g/mol. The number of carbonyl (C=O) groups is 3. The zero-order valence-corrected chi connectivity index (χ0v) is 27.8. The Morgan fingerprint density at radius 3 is 2.33 bits per heavy atom. The second-order valence-corrected chi connectivity index (χ2v) is 13.2. The number of carbonyl (C=O) groups excluding carboxylic acids is 3. The first-order chi connectivity index (χ1) is 21.6. The molecule has 1 aliphatic carbocycles. The van der Waals surface area contributed by atoms with Crippen LogP contribution in [0.5, 0.6) is 17.4 Å². The molecule has 2 N–H and O–H groups in total. The minimum atomic E-state index is -1.07. The normalized spacial score (nSPS) is 13.9. The second-order valence-electron chi connectivity index (χ2n) is 13.2. The molecule has 250 valence electrons. The number of hydrogen-bond donors (Lipinski definition) is 2. The molecule has 1 aromatic heterocycles. The highest BCUT2D eigenvalue weighted by molar-refractivity contribution is 6.05. The van der Waals surface area contributed by atoms with E-state index in [4.69, 9.17) is 23.8 Å². The first-order valence-corrected chi connectivity index (χ1v) is 15.5. The Morgan fingerprint density at radius 2 is 1.72 bits per heavy atom. The van der Waals surface area contributed by atoms with Crippen LogP contribution in [0.1, 0.15) is 79.3 Å². The minimum absolute atomic E-state index is 0.0210. The molecule has 0 unspecified atom stereocenters. The number of aromatic hydroxyl groups is 1. The summed E-state index contributed by atoms with van der Waals surface area (Å²) in [5, 5.41) is 16.6. The van der Waals surface area contributed by atoms with Gasteiger partial charge in [-0.15, -0.1) is 5.06 Å². The fourth-order valence-corrected chi connectivity index (χ4v) is 4.91. The van der Waals surface area contributed by atoms with Crippen LogP contribution in [0.25, 0.3) is 10.8 Å². The van der Waals surface area contributed by atoms with E-state index in [2.05, 4.69) is 5.32 Å². The summed E-state index contributed by atoms with van der Waals surface area (Å²) in [6.45, 7) is 12.3. The molecule has 12 heteroatoms. The van der Waals surface area contributed by atoms with E-state index in [1.165, 1.54) is 0 Å². The third-order valence-electron chi connectivity index (χ3n) is 7.03. The largest absolute Gasteiger partial charge is 0.534 e. The summed E-state index contributed by atoms with van der Waals surface area (Å²) in [4.78, 5) is 43.9. The van der Waals surface area contributed by atoms with Gasteiger partial charge in [-0.1, -0.05) is 18.2 Å². The van der Waals surface area contributed by atoms with Gasteiger partial charge in [0.15, 0.2) is 11.5 Å². The molecule has 4 rings (SSSR count). The van der Waals surface area contributed by atoms with Gasteiger partial charge in [0.05, 0.1) is 37.4 Å². The van der Waals surface area contributed by atoms with Crippen LogP contribution in [-0.4, -0.2) is 64.4 Å². The van der Waals surface area contributed by atoms with Crippen LogP contribution < -0.4 is 14.8 Å². The fourth-order valence-electron chi connectivity index (χ4n) is 4.91. The molecule has 1 heterocycles. The summed E-state index contributed by atoms with van der Waals surface area (Å²) in [5.74, 6) is 0.833. The summed E-state index contributed by atoms with van der Waals surface area (Å²) in [6, 6.07) is 10.2. The van der Waals surface area contributed by atoms with Crippen molar-refractivity contribution in [1.29, 1.82) is 0 Å². The monoisotopic (exact) mass is 639 g/mol. The van der Waals surface area contributed by atoms with Crippen LogP contribution in [-0.2, 0) is 19.1 Å². The SMILES string of the molecule is CCOc1cc([C@@H](CCN(OC(=O)OC(C)(C)C)C(=O)OC(C)(C)C)n2cc3cccc(NC(=O)C4CC4)c3c2O)ccc1OC. The summed E-state index contributed by atoms with van der Waals surface area (Å²) in [7, 11) is 1.55. The standard InChI is InChI=1S/C34H45N3O9/c1-9-43-27-19-22(15-16-26(27)42-8)25(17-18-37(31(40)44-33(2,3)4)46-32(41)45-34(5,6)7)36-20-23-11-10-12-24(28(23)30(36)39)35-29(38)21-13-14-21/h10-12,15-16,19-21,25,39H,9,13-14,17-18H2,1-8H3,(H,35,38)/t25-/m1/s1. The van der Waals surface area contributed by atoms with Crippen LogP contribution in [0, 0.1) is 5.92 Å². The maximum atomic E-state index is 13.2. The average molecular weight is 640 g/mol. The highest BCUT2D eigenvalue weighted by Crippen LogP contribution is 2.41. The number of nitrogens with zero attached hydrogens (tertiary/aromatic N) is 2. The lowest BCUT2D eigenvalue weighted by atomic mass is 10.0. The van der Waals surface area contributed by atoms with Crippen LogP contribution in [0.3, 0.4) is 0 Å². The molecule has 0 spiro atoms. The number of fused-ring (bicyclic) bond motifs is 1. The van der Waals surface area contributed by atoms with Crippen molar-refractivity contribution in [2.45, 2.75) is 85.0 Å². The number of anilines is 1. The van der Waals surface area contributed by atoms with Gasteiger partial charge in [0.2, 0.25) is 11.8 Å². The van der Waals surface area contributed by atoms with E-state index in [1.807, 2.05) is 25.1 Å². The molecule has 1 saturated carbocycles. The number of rotatable bonds is 10. The molecule has 12 nitrogen and oxygen atoms in total. The van der Waals surface area contributed by atoms with E-state index in [-0.39, 0.29) is 30.7 Å². The van der Waals surface area contributed by atoms with Crippen molar-refractivity contribution in [3.63, 3.8) is 0 Å². The van der Waals surface area contributed by atoms with Crippen LogP contribution in [0.4, 0.5) is 15.3 Å². The third-order valence-corrected chi connectivity index (χ3v) is 7.03. The molecule has 3 aromatic rings. The van der Waals surface area contributed by atoms with E-state index in [1.54, 1.807) is 77.6 Å². The molecule has 0 saturated heterocycles. The van der Waals surface area contributed by atoms with Crippen molar-refractivity contribution in [3.8, 4) is 17.4 Å². The Morgan fingerprint density at radius 1 is 1.02 bits per heavy atom. The van der Waals surface area contributed by atoms with Gasteiger partial charge in [-0.3, -0.25) is 4.79 Å². The lowest BCUT2D eigenvalue weighted by Gasteiger charge is -2.29. The van der Waals surface area contributed by atoms with Crippen molar-refractivity contribution in [1.82, 2.24) is 9.63 Å². The molecule has 0 aliphatic heterocycles. The summed E-state index contributed by atoms with van der Waals surface area (Å²) in [5.41, 5.74) is -0.518. The number of hydroxylamine groups is 2. The zero-order valence-electron chi connectivity index (χ0n) is 27.8. The number of methoxy groups -OCH3 is 1. The van der Waals surface area contributed by atoms with Crippen molar-refractivity contribution in [2.24, 2.45) is 5.92 Å². The molecule has 1 fully saturated rings. The molecular formula is C34H45N3O9. The number of ether oxygens (including phenoxy) is 4. The maximum absolute atomic E-state index is 13.2. The summed E-state index contributed by atoms with van der Waals surface area (Å²) in [6.07, 6.45) is 1.67. The van der Waals surface area contributed by atoms with Gasteiger partial charge in [-0.05, 0) is 91.5 Å². The molecule has 1 aliphatic rings. The lowest BCUT2D eigenvalue weighted by Crippen LogP contribution is -2.40. The Bertz CT molecular complexity index is 1560. The van der Waals surface area contributed by atoms with Crippen molar-refractivity contribution < 1.29 is 43.3 Å². The van der Waals surface area contributed by atoms with Gasteiger partial charge in [0.1, 0.15) is 11.2 Å². The van der Waals surface area contributed by atoms with E-state index in [0.717, 1.165) is 17.9 Å². The Labute approximate surface area is 269 Å². The van der Waals surface area contributed by atoms with E-state index in [9.17, 15) is 19.5 Å². The highest BCUT2D eigenvalue weighted by atomic mass is 16.8. The quantitative estimate of drug-likeness (QED) is 0.174. The summed E-state index contributed by atoms with van der Waals surface area (Å²) < 4.78 is 23.8. The molecule has 1 atom stereocenters. The van der Waals surface area contributed by atoms with E-state index in [0.29, 0.717) is 40.1 Å². The minimum Gasteiger partial charge on any atom is -0.494 e. The number of hydrogen-bond acceptors (Lipinski definition) is 9. The topological polar surface area (TPSA) is 138 Å². The number of aromatic nitrogens is 1. The molecule has 2 aromatic carbocycles. The van der Waals surface area contributed by atoms with Gasteiger partial charge in [-0.2, -0.15) is 0 Å². The smallest absolute Gasteiger partial charge is 0.494 e. The molecule has 0 radical (unpaired) electrons. The van der Waals surface area contributed by atoms with E-state index < -0.39 is 29.5 Å². The Kier molecular flexibility index (Phi) is 10.3. The molecule has 2 amide bonds. The predicted octanol–water partition coefficient (Wildman–Crippen LogP) is 7.19. The lowest BCUT2D eigenvalue weighted by molar-refractivity contribution is -0.137. The summed E-state index contributed by atoms with van der Waals surface area (Å²) >= 11 is 0. The van der Waals surface area contributed by atoms with Gasteiger partial charge in [0.25, 0.3) is 0 Å². The third kappa shape index (κ3) is 8.76. The predicted molar refractivity (Wildman–Crippen MR) is 172 cm³/mol.